The Morgan fingerprint density at radius 2 is 2.14 bits per heavy atom. The fraction of sp³-hybridized carbons (Fsp3) is 0.273. The summed E-state index contributed by atoms with van der Waals surface area (Å²) in [5.74, 6) is 0.464. The molecule has 0 amide bonds. The van der Waals surface area contributed by atoms with Crippen LogP contribution in [0.4, 0.5) is 4.39 Å². The van der Waals surface area contributed by atoms with Crippen molar-refractivity contribution in [2.24, 2.45) is 0 Å². The van der Waals surface area contributed by atoms with Crippen molar-refractivity contribution >= 4 is 26.8 Å². The second-order valence-corrected chi connectivity index (χ2v) is 4.61. The summed E-state index contributed by atoms with van der Waals surface area (Å²) in [6, 6.07) is 4.90. The zero-order valence-corrected chi connectivity index (χ0v) is 9.07. The Balaban J connectivity index is 2.34. The molecule has 1 aliphatic rings. The SMILES string of the molecule is Fc1ccc2[nH]c(Br)c(C3CC3)c2c1. The van der Waals surface area contributed by atoms with Gasteiger partial charge in [-0.05, 0) is 58.5 Å². The molecular formula is C11H9BrFN. The summed E-state index contributed by atoms with van der Waals surface area (Å²) < 4.78 is 14.1. The van der Waals surface area contributed by atoms with Gasteiger partial charge in [0.25, 0.3) is 0 Å². The van der Waals surface area contributed by atoms with Crippen LogP contribution in [0, 0.1) is 5.82 Å². The van der Waals surface area contributed by atoms with Crippen molar-refractivity contribution in [3.05, 3.63) is 34.2 Å². The lowest BCUT2D eigenvalue weighted by Gasteiger charge is -1.95. The van der Waals surface area contributed by atoms with Gasteiger partial charge in [0.2, 0.25) is 0 Å². The van der Waals surface area contributed by atoms with Crippen molar-refractivity contribution < 1.29 is 4.39 Å². The van der Waals surface area contributed by atoms with Crippen molar-refractivity contribution in [2.45, 2.75) is 18.8 Å². The van der Waals surface area contributed by atoms with Crippen LogP contribution in [0.3, 0.4) is 0 Å². The van der Waals surface area contributed by atoms with Gasteiger partial charge in [0.1, 0.15) is 5.82 Å². The molecule has 0 atom stereocenters. The van der Waals surface area contributed by atoms with E-state index in [9.17, 15) is 4.39 Å². The van der Waals surface area contributed by atoms with E-state index in [1.165, 1.54) is 24.5 Å². The third-order valence-corrected chi connectivity index (χ3v) is 3.36. The van der Waals surface area contributed by atoms with Gasteiger partial charge in [-0.3, -0.25) is 0 Å². The second kappa shape index (κ2) is 2.83. The molecule has 3 heteroatoms. The maximum Gasteiger partial charge on any atom is 0.123 e. The highest BCUT2D eigenvalue weighted by Crippen LogP contribution is 2.46. The van der Waals surface area contributed by atoms with Crippen molar-refractivity contribution in [1.29, 1.82) is 0 Å². The van der Waals surface area contributed by atoms with E-state index in [0.29, 0.717) is 5.92 Å². The topological polar surface area (TPSA) is 15.8 Å². The molecule has 0 radical (unpaired) electrons. The first kappa shape index (κ1) is 8.48. The predicted molar refractivity (Wildman–Crippen MR) is 57.9 cm³/mol. The van der Waals surface area contributed by atoms with Crippen LogP contribution in [0.2, 0.25) is 0 Å². The third kappa shape index (κ3) is 1.19. The van der Waals surface area contributed by atoms with Gasteiger partial charge in [-0.15, -0.1) is 0 Å². The molecular weight excluding hydrogens is 245 g/mol. The molecule has 1 aromatic carbocycles. The highest BCUT2D eigenvalue weighted by atomic mass is 79.9. The number of aromatic amines is 1. The Labute approximate surface area is 89.4 Å². The maximum atomic E-state index is 13.1. The minimum Gasteiger partial charge on any atom is -0.349 e. The zero-order chi connectivity index (χ0) is 9.71. The minimum atomic E-state index is -0.161. The molecule has 1 fully saturated rings. The lowest BCUT2D eigenvalue weighted by Crippen LogP contribution is -1.78. The van der Waals surface area contributed by atoms with Gasteiger partial charge in [0.05, 0.1) is 4.60 Å². The van der Waals surface area contributed by atoms with E-state index in [1.807, 2.05) is 0 Å². The molecule has 1 aromatic heterocycles. The van der Waals surface area contributed by atoms with Gasteiger partial charge >= 0.3 is 0 Å². The average Bonchev–Trinajstić information content (AvgIpc) is 2.90. The summed E-state index contributed by atoms with van der Waals surface area (Å²) in [6.07, 6.45) is 2.45. The van der Waals surface area contributed by atoms with Crippen LogP contribution < -0.4 is 0 Å². The zero-order valence-electron chi connectivity index (χ0n) is 7.48. The van der Waals surface area contributed by atoms with E-state index in [4.69, 9.17) is 0 Å². The summed E-state index contributed by atoms with van der Waals surface area (Å²) in [6.45, 7) is 0. The standard InChI is InChI=1S/C11H9BrFN/c12-11-10(6-1-2-6)8-5-7(13)3-4-9(8)14-11/h3-6,14H,1-2H2. The van der Waals surface area contributed by atoms with Crippen LogP contribution in [-0.2, 0) is 0 Å². The van der Waals surface area contributed by atoms with E-state index in [0.717, 1.165) is 15.5 Å². The smallest absolute Gasteiger partial charge is 0.123 e. The number of benzene rings is 1. The molecule has 0 aliphatic heterocycles. The number of H-pyrrole nitrogens is 1. The molecule has 1 saturated carbocycles. The fourth-order valence-electron chi connectivity index (χ4n) is 1.92. The molecule has 14 heavy (non-hydrogen) atoms. The van der Waals surface area contributed by atoms with Crippen molar-refractivity contribution in [3.63, 3.8) is 0 Å². The molecule has 1 N–H and O–H groups in total. The molecule has 0 unspecified atom stereocenters. The lowest BCUT2D eigenvalue weighted by molar-refractivity contribution is 0.629. The number of fused-ring (bicyclic) bond motifs is 1. The third-order valence-electron chi connectivity index (χ3n) is 2.74. The lowest BCUT2D eigenvalue weighted by atomic mass is 10.1. The minimum absolute atomic E-state index is 0.161. The summed E-state index contributed by atoms with van der Waals surface area (Å²) in [5, 5.41) is 1.03. The number of rotatable bonds is 1. The highest BCUT2D eigenvalue weighted by molar-refractivity contribution is 9.10. The van der Waals surface area contributed by atoms with Gasteiger partial charge < -0.3 is 4.98 Å². The van der Waals surface area contributed by atoms with E-state index in [-0.39, 0.29) is 5.82 Å². The Bertz CT molecular complexity index is 499. The van der Waals surface area contributed by atoms with E-state index in [1.54, 1.807) is 12.1 Å². The molecule has 0 bridgehead atoms. The molecule has 72 valence electrons. The first-order valence-corrected chi connectivity index (χ1v) is 5.51. The molecule has 0 saturated heterocycles. The quantitative estimate of drug-likeness (QED) is 0.793. The summed E-state index contributed by atoms with van der Waals surface area (Å²) in [4.78, 5) is 3.23. The summed E-state index contributed by atoms with van der Waals surface area (Å²) in [5.41, 5.74) is 2.26. The predicted octanol–water partition coefficient (Wildman–Crippen LogP) is 3.95. The Morgan fingerprint density at radius 1 is 1.36 bits per heavy atom. The molecule has 0 spiro atoms. The van der Waals surface area contributed by atoms with E-state index < -0.39 is 0 Å². The van der Waals surface area contributed by atoms with E-state index in [2.05, 4.69) is 20.9 Å². The molecule has 1 nitrogen and oxygen atoms in total. The molecule has 3 rings (SSSR count). The maximum absolute atomic E-state index is 13.1. The van der Waals surface area contributed by atoms with Crippen LogP contribution in [0.25, 0.3) is 10.9 Å². The van der Waals surface area contributed by atoms with Crippen LogP contribution >= 0.6 is 15.9 Å². The summed E-state index contributed by atoms with van der Waals surface area (Å²) in [7, 11) is 0. The Kier molecular flexibility index (Phi) is 1.71. The van der Waals surface area contributed by atoms with Gasteiger partial charge in [-0.2, -0.15) is 0 Å². The number of aromatic nitrogens is 1. The normalized spacial score (nSPS) is 16.4. The molecule has 1 aliphatic carbocycles. The van der Waals surface area contributed by atoms with Crippen LogP contribution in [-0.4, -0.2) is 4.98 Å². The number of halogens is 2. The molecule has 1 heterocycles. The monoisotopic (exact) mass is 253 g/mol. The van der Waals surface area contributed by atoms with Crippen molar-refractivity contribution in [2.75, 3.05) is 0 Å². The number of hydrogen-bond donors (Lipinski definition) is 1. The highest BCUT2D eigenvalue weighted by Gasteiger charge is 2.28. The Morgan fingerprint density at radius 3 is 2.86 bits per heavy atom. The number of nitrogens with one attached hydrogen (secondary N) is 1. The van der Waals surface area contributed by atoms with Crippen LogP contribution in [0.5, 0.6) is 0 Å². The second-order valence-electron chi connectivity index (χ2n) is 3.82. The van der Waals surface area contributed by atoms with Crippen LogP contribution in [0.15, 0.2) is 22.8 Å². The van der Waals surface area contributed by atoms with Gasteiger partial charge in [-0.25, -0.2) is 4.39 Å². The Hall–Kier alpha value is -0.830. The number of hydrogen-bond acceptors (Lipinski definition) is 0. The van der Waals surface area contributed by atoms with Crippen molar-refractivity contribution in [3.8, 4) is 0 Å². The summed E-state index contributed by atoms with van der Waals surface area (Å²) >= 11 is 3.50. The fourth-order valence-corrected chi connectivity index (χ4v) is 2.67. The van der Waals surface area contributed by atoms with Crippen molar-refractivity contribution in [1.82, 2.24) is 4.98 Å². The molecule has 2 aromatic rings. The first-order valence-electron chi connectivity index (χ1n) is 4.72. The van der Waals surface area contributed by atoms with Gasteiger partial charge in [-0.1, -0.05) is 0 Å². The van der Waals surface area contributed by atoms with Crippen LogP contribution in [0.1, 0.15) is 24.3 Å². The first-order chi connectivity index (χ1) is 6.75. The average molecular weight is 254 g/mol. The van der Waals surface area contributed by atoms with E-state index >= 15 is 0 Å². The largest absolute Gasteiger partial charge is 0.349 e. The van der Waals surface area contributed by atoms with Gasteiger partial charge in [0.15, 0.2) is 0 Å². The van der Waals surface area contributed by atoms with Gasteiger partial charge in [0, 0.05) is 10.9 Å².